The lowest BCUT2D eigenvalue weighted by Crippen LogP contribution is -2.35. The molecule has 0 N–H and O–H groups in total. The summed E-state index contributed by atoms with van der Waals surface area (Å²) in [5.41, 5.74) is 3.75. The third-order valence-electron chi connectivity index (χ3n) is 4.82. The molecule has 31 heavy (non-hydrogen) atoms. The highest BCUT2D eigenvalue weighted by Crippen LogP contribution is 2.14. The smallest absolute Gasteiger partial charge is 0.205 e. The lowest BCUT2D eigenvalue weighted by atomic mass is 10.1. The second-order valence-electron chi connectivity index (χ2n) is 7.28. The van der Waals surface area contributed by atoms with Crippen LogP contribution in [0, 0.1) is 0 Å². The van der Waals surface area contributed by atoms with Crippen molar-refractivity contribution < 1.29 is 21.4 Å². The van der Waals surface area contributed by atoms with E-state index in [4.69, 9.17) is 0 Å². The van der Waals surface area contributed by atoms with E-state index in [0.717, 1.165) is 22.5 Å². The zero-order valence-corrected chi connectivity index (χ0v) is 19.2. The summed E-state index contributed by atoms with van der Waals surface area (Å²) >= 11 is 0. The van der Waals surface area contributed by atoms with Gasteiger partial charge in [0.15, 0.2) is 19.7 Å². The number of aromatic nitrogens is 1. The van der Waals surface area contributed by atoms with Crippen LogP contribution in [-0.4, -0.2) is 29.3 Å². The number of hydrogen-bond donors (Lipinski definition) is 0. The molecule has 3 rings (SSSR count). The molecule has 160 valence electrons. The summed E-state index contributed by atoms with van der Waals surface area (Å²) in [6, 6.07) is 19.4. The van der Waals surface area contributed by atoms with Crippen molar-refractivity contribution in [3.05, 3.63) is 89.2 Å². The van der Waals surface area contributed by atoms with Crippen molar-refractivity contribution in [2.75, 3.05) is 12.5 Å². The van der Waals surface area contributed by atoms with Crippen molar-refractivity contribution in [2.45, 2.75) is 9.79 Å². The molecule has 0 aliphatic carbocycles. The Kier molecular flexibility index (Phi) is 6.57. The van der Waals surface area contributed by atoms with Gasteiger partial charge in [-0.05, 0) is 53.6 Å². The average Bonchev–Trinajstić information content (AvgIpc) is 2.71. The van der Waals surface area contributed by atoms with Crippen molar-refractivity contribution in [3.63, 3.8) is 0 Å². The average molecular weight is 455 g/mol. The van der Waals surface area contributed by atoms with Crippen molar-refractivity contribution in [1.82, 2.24) is 0 Å². The Morgan fingerprint density at radius 2 is 0.935 bits per heavy atom. The molecule has 0 fully saturated rings. The van der Waals surface area contributed by atoms with Crippen molar-refractivity contribution in [1.29, 1.82) is 0 Å². The number of sulfone groups is 2. The molecule has 0 saturated heterocycles. The Morgan fingerprint density at radius 3 is 1.26 bits per heavy atom. The molecule has 0 unspecified atom stereocenters. The highest BCUT2D eigenvalue weighted by atomic mass is 32.2. The molecule has 0 aliphatic heterocycles. The van der Waals surface area contributed by atoms with Crippen LogP contribution < -0.4 is 4.57 Å². The summed E-state index contributed by atoms with van der Waals surface area (Å²) in [7, 11) is -4.45. The molecule has 5 nitrogen and oxygen atoms in total. The Morgan fingerprint density at radius 1 is 0.581 bits per heavy atom. The van der Waals surface area contributed by atoms with Gasteiger partial charge in [0.2, 0.25) is 11.4 Å². The van der Waals surface area contributed by atoms with Crippen molar-refractivity contribution >= 4 is 44.0 Å². The first kappa shape index (κ1) is 22.7. The molecule has 7 heteroatoms. The molecule has 0 saturated carbocycles. The molecule has 0 spiro atoms. The summed E-state index contributed by atoms with van der Waals surface area (Å²) in [4.78, 5) is 0.596. The molecular weight excluding hydrogens is 430 g/mol. The Bertz CT molecular complexity index is 1250. The number of pyridine rings is 1. The van der Waals surface area contributed by atoms with E-state index in [0.29, 0.717) is 9.79 Å². The Hall–Kier alpha value is -3.03. The fraction of sp³-hybridized carbons (Fsp3) is 0.125. The summed E-state index contributed by atoms with van der Waals surface area (Å²) in [5.74, 6) is 0. The second-order valence-corrected chi connectivity index (χ2v) is 11.3. The van der Waals surface area contributed by atoms with Gasteiger partial charge in [-0.2, -0.15) is 4.57 Å². The number of benzene rings is 2. The van der Waals surface area contributed by atoms with Gasteiger partial charge in [-0.25, -0.2) is 16.8 Å². The third kappa shape index (κ3) is 5.99. The van der Waals surface area contributed by atoms with Crippen LogP contribution in [0.1, 0.15) is 22.5 Å². The molecule has 0 amide bonds. The summed E-state index contributed by atoms with van der Waals surface area (Å²) in [6.45, 7) is 0. The van der Waals surface area contributed by atoms with Gasteiger partial charge in [-0.15, -0.1) is 0 Å². The first-order valence-corrected chi connectivity index (χ1v) is 13.3. The molecule has 0 radical (unpaired) electrons. The van der Waals surface area contributed by atoms with Crippen LogP contribution in [0.4, 0.5) is 0 Å². The van der Waals surface area contributed by atoms with Gasteiger partial charge in [-0.3, -0.25) is 0 Å². The van der Waals surface area contributed by atoms with E-state index in [9.17, 15) is 16.8 Å². The normalized spacial score (nSPS) is 12.6. The van der Waals surface area contributed by atoms with Crippen molar-refractivity contribution in [2.24, 2.45) is 7.05 Å². The molecular formula is C24H24NO4S2+. The lowest BCUT2D eigenvalue weighted by molar-refractivity contribution is -0.675. The summed E-state index contributed by atoms with van der Waals surface area (Å²) in [6.07, 6.45) is 10.2. The standard InChI is InChI=1S/C24H24NO4S2/c1-25-21(13-7-19-9-15-23(16-10-19)30(2,26)27)5-4-6-22(25)14-8-20-11-17-24(18-12-20)31(3,28)29/h4-18H,1-3H3/q+1/b13-7+,14-8+. The van der Waals surface area contributed by atoms with Gasteiger partial charge >= 0.3 is 0 Å². The predicted molar refractivity (Wildman–Crippen MR) is 125 cm³/mol. The van der Waals surface area contributed by atoms with Gasteiger partial charge in [-0.1, -0.05) is 24.3 Å². The number of hydrogen-bond acceptors (Lipinski definition) is 4. The molecule has 3 aromatic rings. The highest BCUT2D eigenvalue weighted by molar-refractivity contribution is 7.91. The maximum atomic E-state index is 11.6. The van der Waals surface area contributed by atoms with Gasteiger partial charge in [0.1, 0.15) is 7.05 Å². The minimum Gasteiger partial charge on any atom is -0.224 e. The zero-order valence-electron chi connectivity index (χ0n) is 17.6. The monoisotopic (exact) mass is 454 g/mol. The Labute approximate surface area is 183 Å². The fourth-order valence-corrected chi connectivity index (χ4v) is 4.23. The highest BCUT2D eigenvalue weighted by Gasteiger charge is 2.09. The molecule has 1 heterocycles. The van der Waals surface area contributed by atoms with Gasteiger partial charge in [0.05, 0.1) is 9.79 Å². The van der Waals surface area contributed by atoms with Crippen LogP contribution in [0.5, 0.6) is 0 Å². The van der Waals surface area contributed by atoms with Crippen LogP contribution in [0.25, 0.3) is 24.3 Å². The maximum Gasteiger partial charge on any atom is 0.205 e. The Balaban J connectivity index is 1.80. The maximum absolute atomic E-state index is 11.6. The van der Waals surface area contributed by atoms with Crippen LogP contribution in [0.3, 0.4) is 0 Å². The predicted octanol–water partition coefficient (Wildman–Crippen LogP) is 3.66. The van der Waals surface area contributed by atoms with E-state index in [1.807, 2.05) is 54.1 Å². The third-order valence-corrected chi connectivity index (χ3v) is 7.08. The van der Waals surface area contributed by atoms with Gasteiger partial charge < -0.3 is 0 Å². The molecule has 0 bridgehead atoms. The topological polar surface area (TPSA) is 72.2 Å². The zero-order chi connectivity index (χ0) is 22.6. The minimum absolute atomic E-state index is 0.298. The largest absolute Gasteiger partial charge is 0.224 e. The van der Waals surface area contributed by atoms with Gasteiger partial charge in [0.25, 0.3) is 0 Å². The van der Waals surface area contributed by atoms with E-state index >= 15 is 0 Å². The van der Waals surface area contributed by atoms with Crippen LogP contribution in [-0.2, 0) is 26.7 Å². The second kappa shape index (κ2) is 8.99. The van der Waals surface area contributed by atoms with Crippen molar-refractivity contribution in [3.8, 4) is 0 Å². The molecule has 0 aliphatic rings. The first-order valence-electron chi connectivity index (χ1n) is 9.49. The first-order chi connectivity index (χ1) is 14.5. The number of rotatable bonds is 6. The van der Waals surface area contributed by atoms with E-state index in [1.54, 1.807) is 48.5 Å². The SMILES string of the molecule is C[n+]1c(/C=C/c2ccc(S(C)(=O)=O)cc2)cccc1/C=C/c1ccc(S(C)(=O)=O)cc1. The van der Waals surface area contributed by atoms with E-state index in [-0.39, 0.29) is 0 Å². The van der Waals surface area contributed by atoms with E-state index in [1.165, 1.54) is 12.5 Å². The molecule has 0 atom stereocenters. The summed E-state index contributed by atoms with van der Waals surface area (Å²) in [5, 5.41) is 0. The van der Waals surface area contributed by atoms with E-state index in [2.05, 4.69) is 0 Å². The van der Waals surface area contributed by atoms with E-state index < -0.39 is 19.7 Å². The number of nitrogens with zero attached hydrogens (tertiary/aromatic N) is 1. The molecule has 2 aromatic carbocycles. The van der Waals surface area contributed by atoms with Crippen LogP contribution in [0.2, 0.25) is 0 Å². The fourth-order valence-electron chi connectivity index (χ4n) is 2.97. The summed E-state index contributed by atoms with van der Waals surface area (Å²) < 4.78 is 48.3. The lowest BCUT2D eigenvalue weighted by Gasteiger charge is -2.01. The quantitative estimate of drug-likeness (QED) is 0.533. The molecule has 1 aromatic heterocycles. The van der Waals surface area contributed by atoms with Gasteiger partial charge in [0, 0.05) is 36.8 Å². The van der Waals surface area contributed by atoms with Crippen LogP contribution in [0.15, 0.2) is 76.5 Å². The van der Waals surface area contributed by atoms with Crippen LogP contribution >= 0.6 is 0 Å². The minimum atomic E-state index is -3.20.